The van der Waals surface area contributed by atoms with Gasteiger partial charge in [0.15, 0.2) is 0 Å². The Morgan fingerprint density at radius 3 is 2.65 bits per heavy atom. The smallest absolute Gasteiger partial charge is 0.305 e. The minimum atomic E-state index is -0.906. The molecule has 0 saturated carbocycles. The number of nitrogens with one attached hydrogen (secondary N) is 1. The Balaban J connectivity index is 2.50. The number of hydrogen-bond donors (Lipinski definition) is 2. The molecule has 0 bridgehead atoms. The third kappa shape index (κ3) is 4.68. The van der Waals surface area contributed by atoms with Gasteiger partial charge in [-0.25, -0.2) is 0 Å². The molecule has 17 heavy (non-hydrogen) atoms. The summed E-state index contributed by atoms with van der Waals surface area (Å²) < 4.78 is 0. The predicted octanol–water partition coefficient (Wildman–Crippen LogP) is 1.44. The van der Waals surface area contributed by atoms with E-state index in [1.54, 1.807) is 0 Å². The molecular formula is C13H17NO3. The molecule has 92 valence electrons. The van der Waals surface area contributed by atoms with Gasteiger partial charge in [-0.3, -0.25) is 9.59 Å². The zero-order valence-corrected chi connectivity index (χ0v) is 10.1. The first kappa shape index (κ1) is 13.2. The van der Waals surface area contributed by atoms with Gasteiger partial charge in [0, 0.05) is 6.54 Å². The van der Waals surface area contributed by atoms with Crippen LogP contribution in [0.1, 0.15) is 23.1 Å². The van der Waals surface area contributed by atoms with Gasteiger partial charge in [-0.1, -0.05) is 23.8 Å². The molecular weight excluding hydrogens is 218 g/mol. The topological polar surface area (TPSA) is 66.4 Å². The molecule has 0 aliphatic rings. The van der Waals surface area contributed by atoms with Gasteiger partial charge in [-0.15, -0.1) is 0 Å². The second-order valence-corrected chi connectivity index (χ2v) is 4.10. The molecule has 4 nitrogen and oxygen atoms in total. The van der Waals surface area contributed by atoms with Gasteiger partial charge in [0.25, 0.3) is 0 Å². The fourth-order valence-corrected chi connectivity index (χ4v) is 1.54. The van der Waals surface area contributed by atoms with E-state index in [-0.39, 0.29) is 18.9 Å². The van der Waals surface area contributed by atoms with Crippen LogP contribution in [0.25, 0.3) is 0 Å². The van der Waals surface area contributed by atoms with Crippen molar-refractivity contribution in [1.82, 2.24) is 5.32 Å². The summed E-state index contributed by atoms with van der Waals surface area (Å²) in [6.07, 6.45) is 0.256. The molecule has 1 aromatic carbocycles. The van der Waals surface area contributed by atoms with Gasteiger partial charge in [-0.2, -0.15) is 0 Å². The Morgan fingerprint density at radius 2 is 2.00 bits per heavy atom. The second kappa shape index (κ2) is 6.03. The zero-order chi connectivity index (χ0) is 12.8. The van der Waals surface area contributed by atoms with Crippen molar-refractivity contribution in [3.05, 3.63) is 34.9 Å². The minimum Gasteiger partial charge on any atom is -0.481 e. The van der Waals surface area contributed by atoms with Crippen molar-refractivity contribution in [1.29, 1.82) is 0 Å². The monoisotopic (exact) mass is 235 g/mol. The molecule has 0 radical (unpaired) electrons. The van der Waals surface area contributed by atoms with Gasteiger partial charge < -0.3 is 10.4 Å². The standard InChI is InChI=1S/C13H17NO3/c1-9-3-4-10(2)11(7-9)8-12(15)14-6-5-13(16)17/h3-4,7H,5-6,8H2,1-2H3,(H,14,15)(H,16,17). The van der Waals surface area contributed by atoms with E-state index in [0.717, 1.165) is 16.7 Å². The van der Waals surface area contributed by atoms with Gasteiger partial charge >= 0.3 is 5.97 Å². The van der Waals surface area contributed by atoms with E-state index in [9.17, 15) is 9.59 Å². The highest BCUT2D eigenvalue weighted by molar-refractivity contribution is 5.79. The molecule has 0 aliphatic heterocycles. The Hall–Kier alpha value is -1.84. The number of carbonyl (C=O) groups is 2. The third-order valence-electron chi connectivity index (χ3n) is 2.52. The molecule has 1 amide bonds. The molecule has 0 heterocycles. The molecule has 0 spiro atoms. The lowest BCUT2D eigenvalue weighted by atomic mass is 10.0. The van der Waals surface area contributed by atoms with Crippen molar-refractivity contribution in [2.75, 3.05) is 6.54 Å². The number of benzene rings is 1. The quantitative estimate of drug-likeness (QED) is 0.811. The Kier molecular flexibility index (Phi) is 4.69. The van der Waals surface area contributed by atoms with Crippen molar-refractivity contribution in [2.45, 2.75) is 26.7 Å². The lowest BCUT2D eigenvalue weighted by Crippen LogP contribution is -2.27. The Labute approximate surface area is 101 Å². The summed E-state index contributed by atoms with van der Waals surface area (Å²) in [5.41, 5.74) is 3.17. The first-order chi connectivity index (χ1) is 7.99. The van der Waals surface area contributed by atoms with Crippen LogP contribution in [0.2, 0.25) is 0 Å². The van der Waals surface area contributed by atoms with E-state index in [4.69, 9.17) is 5.11 Å². The fraction of sp³-hybridized carbons (Fsp3) is 0.385. The van der Waals surface area contributed by atoms with Crippen molar-refractivity contribution >= 4 is 11.9 Å². The van der Waals surface area contributed by atoms with E-state index >= 15 is 0 Å². The van der Waals surface area contributed by atoms with Crippen molar-refractivity contribution in [3.63, 3.8) is 0 Å². The summed E-state index contributed by atoms with van der Waals surface area (Å²) in [5, 5.41) is 11.0. The first-order valence-corrected chi connectivity index (χ1v) is 5.53. The maximum Gasteiger partial charge on any atom is 0.305 e. The third-order valence-corrected chi connectivity index (χ3v) is 2.52. The summed E-state index contributed by atoms with van der Waals surface area (Å²) in [7, 11) is 0. The molecule has 2 N–H and O–H groups in total. The second-order valence-electron chi connectivity index (χ2n) is 4.10. The van der Waals surface area contributed by atoms with Crippen LogP contribution in [-0.4, -0.2) is 23.5 Å². The highest BCUT2D eigenvalue weighted by Gasteiger charge is 2.06. The Bertz CT molecular complexity index is 427. The summed E-state index contributed by atoms with van der Waals surface area (Å²) in [5.74, 6) is -1.04. The maximum absolute atomic E-state index is 11.6. The SMILES string of the molecule is Cc1ccc(C)c(CC(=O)NCCC(=O)O)c1. The van der Waals surface area contributed by atoms with Gasteiger partial charge in [0.2, 0.25) is 5.91 Å². The number of carboxylic acids is 1. The van der Waals surface area contributed by atoms with Crippen molar-refractivity contribution in [2.24, 2.45) is 0 Å². The lowest BCUT2D eigenvalue weighted by Gasteiger charge is -2.07. The van der Waals surface area contributed by atoms with Crippen LogP contribution >= 0.6 is 0 Å². The molecule has 0 fully saturated rings. The summed E-state index contributed by atoms with van der Waals surface area (Å²) in [6, 6.07) is 5.96. The van der Waals surface area contributed by atoms with Crippen LogP contribution in [0.15, 0.2) is 18.2 Å². The zero-order valence-electron chi connectivity index (χ0n) is 10.1. The van der Waals surface area contributed by atoms with Crippen LogP contribution in [-0.2, 0) is 16.0 Å². The van der Waals surface area contributed by atoms with E-state index in [1.165, 1.54) is 0 Å². The van der Waals surface area contributed by atoms with Crippen molar-refractivity contribution < 1.29 is 14.7 Å². The van der Waals surface area contributed by atoms with E-state index in [1.807, 2.05) is 32.0 Å². The molecule has 0 aromatic heterocycles. The maximum atomic E-state index is 11.6. The van der Waals surface area contributed by atoms with Crippen LogP contribution in [0.4, 0.5) is 0 Å². The molecule has 4 heteroatoms. The summed E-state index contributed by atoms with van der Waals surface area (Å²) in [4.78, 5) is 21.8. The van der Waals surface area contributed by atoms with Crippen LogP contribution < -0.4 is 5.32 Å². The first-order valence-electron chi connectivity index (χ1n) is 5.53. The van der Waals surface area contributed by atoms with Crippen molar-refractivity contribution in [3.8, 4) is 0 Å². The number of amides is 1. The normalized spacial score (nSPS) is 10.0. The minimum absolute atomic E-state index is 0.0431. The summed E-state index contributed by atoms with van der Waals surface area (Å²) >= 11 is 0. The van der Waals surface area contributed by atoms with Crippen LogP contribution in [0.3, 0.4) is 0 Å². The molecule has 0 aliphatic carbocycles. The number of aliphatic carboxylic acids is 1. The van der Waals surface area contributed by atoms with Gasteiger partial charge in [0.1, 0.15) is 0 Å². The molecule has 0 saturated heterocycles. The van der Waals surface area contributed by atoms with Gasteiger partial charge in [0.05, 0.1) is 12.8 Å². The predicted molar refractivity (Wildman–Crippen MR) is 64.9 cm³/mol. The number of carbonyl (C=O) groups excluding carboxylic acids is 1. The average Bonchev–Trinajstić information content (AvgIpc) is 2.23. The van der Waals surface area contributed by atoms with Gasteiger partial charge in [-0.05, 0) is 25.0 Å². The van der Waals surface area contributed by atoms with Crippen LogP contribution in [0.5, 0.6) is 0 Å². The van der Waals surface area contributed by atoms with E-state index in [2.05, 4.69) is 5.32 Å². The fourth-order valence-electron chi connectivity index (χ4n) is 1.54. The van der Waals surface area contributed by atoms with E-state index < -0.39 is 5.97 Å². The summed E-state index contributed by atoms with van der Waals surface area (Å²) in [6.45, 7) is 4.11. The molecule has 1 aromatic rings. The van der Waals surface area contributed by atoms with Crippen LogP contribution in [0, 0.1) is 13.8 Å². The molecule has 1 rings (SSSR count). The van der Waals surface area contributed by atoms with E-state index in [0.29, 0.717) is 6.42 Å². The highest BCUT2D eigenvalue weighted by atomic mass is 16.4. The lowest BCUT2D eigenvalue weighted by molar-refractivity contribution is -0.136. The Morgan fingerprint density at radius 1 is 1.29 bits per heavy atom. The number of hydrogen-bond acceptors (Lipinski definition) is 2. The average molecular weight is 235 g/mol. The highest BCUT2D eigenvalue weighted by Crippen LogP contribution is 2.11. The number of rotatable bonds is 5. The number of aryl methyl sites for hydroxylation is 2. The molecule has 0 unspecified atom stereocenters. The molecule has 0 atom stereocenters. The largest absolute Gasteiger partial charge is 0.481 e. The number of carboxylic acid groups (broad SMARTS) is 1.